The fourth-order valence-electron chi connectivity index (χ4n) is 2.75. The summed E-state index contributed by atoms with van der Waals surface area (Å²) in [5.74, 6) is -0.532. The van der Waals surface area contributed by atoms with Crippen LogP contribution in [0.1, 0.15) is 19.4 Å². The van der Waals surface area contributed by atoms with Gasteiger partial charge in [0.05, 0.1) is 6.54 Å². The first-order valence-electron chi connectivity index (χ1n) is 9.34. The molecule has 8 heteroatoms. The lowest BCUT2D eigenvalue weighted by Gasteiger charge is -2.17. The summed E-state index contributed by atoms with van der Waals surface area (Å²) in [4.78, 5) is 36.6. The molecule has 7 nitrogen and oxygen atoms in total. The Morgan fingerprint density at radius 2 is 1.45 bits per heavy atom. The Kier molecular flexibility index (Phi) is 8.18. The smallest absolute Gasteiger partial charge is 0.279 e. The minimum Gasteiger partial charge on any atom is -0.326 e. The average molecular weight is 418 g/mol. The molecule has 3 amide bonds. The van der Waals surface area contributed by atoms with E-state index in [1.165, 1.54) is 6.92 Å². The summed E-state index contributed by atoms with van der Waals surface area (Å²) in [6, 6.07) is 12.2. The number of carbonyl (C=O) groups excluding carboxylic acids is 3. The molecule has 0 saturated heterocycles. The van der Waals surface area contributed by atoms with E-state index in [1.807, 2.05) is 13.8 Å². The predicted molar refractivity (Wildman–Crippen MR) is 115 cm³/mol. The number of hydrogen-bond donors (Lipinski definition) is 4. The Bertz CT molecular complexity index is 884. The van der Waals surface area contributed by atoms with Crippen molar-refractivity contribution in [3.63, 3.8) is 0 Å². The number of rotatable bonds is 8. The SMILES string of the molecule is CC[NH+](CC(=O)Nc1ccc(NC(C)=O)cc1)CC(=O)Nc1cccc(Cl)c1C. The molecule has 1 unspecified atom stereocenters. The van der Waals surface area contributed by atoms with Crippen LogP contribution in [0.4, 0.5) is 17.1 Å². The maximum absolute atomic E-state index is 12.4. The molecule has 0 aliphatic heterocycles. The normalized spacial score (nSPS) is 11.4. The monoisotopic (exact) mass is 417 g/mol. The third-order valence-electron chi connectivity index (χ3n) is 4.35. The number of likely N-dealkylation sites (N-methyl/N-ethyl adjacent to an activating group) is 1. The highest BCUT2D eigenvalue weighted by atomic mass is 35.5. The van der Waals surface area contributed by atoms with Crippen molar-refractivity contribution in [2.45, 2.75) is 20.8 Å². The molecule has 2 aromatic rings. The second-order valence-electron chi connectivity index (χ2n) is 6.72. The second-order valence-corrected chi connectivity index (χ2v) is 7.13. The first-order valence-corrected chi connectivity index (χ1v) is 9.72. The summed E-state index contributed by atoms with van der Waals surface area (Å²) in [5.41, 5.74) is 2.76. The quantitative estimate of drug-likeness (QED) is 0.530. The summed E-state index contributed by atoms with van der Waals surface area (Å²) in [6.45, 7) is 6.14. The van der Waals surface area contributed by atoms with Gasteiger partial charge < -0.3 is 20.9 Å². The van der Waals surface area contributed by atoms with E-state index < -0.39 is 0 Å². The van der Waals surface area contributed by atoms with Crippen LogP contribution in [-0.2, 0) is 14.4 Å². The highest BCUT2D eigenvalue weighted by Crippen LogP contribution is 2.22. The van der Waals surface area contributed by atoms with Crippen LogP contribution in [0.5, 0.6) is 0 Å². The number of quaternary nitrogens is 1. The molecule has 0 heterocycles. The molecule has 29 heavy (non-hydrogen) atoms. The van der Waals surface area contributed by atoms with Crippen LogP contribution in [0.2, 0.25) is 5.02 Å². The van der Waals surface area contributed by atoms with E-state index in [0.29, 0.717) is 28.6 Å². The van der Waals surface area contributed by atoms with Gasteiger partial charge in [-0.1, -0.05) is 17.7 Å². The lowest BCUT2D eigenvalue weighted by Crippen LogP contribution is -3.13. The number of halogens is 1. The molecule has 0 saturated carbocycles. The lowest BCUT2D eigenvalue weighted by atomic mass is 10.2. The zero-order valence-corrected chi connectivity index (χ0v) is 17.5. The minimum atomic E-state index is -0.194. The van der Waals surface area contributed by atoms with Crippen molar-refractivity contribution in [3.8, 4) is 0 Å². The Morgan fingerprint density at radius 1 is 0.897 bits per heavy atom. The molecule has 154 valence electrons. The molecule has 0 aliphatic rings. The van der Waals surface area contributed by atoms with Crippen LogP contribution in [0.25, 0.3) is 0 Å². The van der Waals surface area contributed by atoms with Gasteiger partial charge in [0.25, 0.3) is 11.8 Å². The fraction of sp³-hybridized carbons (Fsp3) is 0.286. The van der Waals surface area contributed by atoms with Crippen molar-refractivity contribution in [1.82, 2.24) is 0 Å². The second kappa shape index (κ2) is 10.6. The van der Waals surface area contributed by atoms with Crippen LogP contribution in [0, 0.1) is 6.92 Å². The van der Waals surface area contributed by atoms with Crippen LogP contribution < -0.4 is 20.9 Å². The lowest BCUT2D eigenvalue weighted by molar-refractivity contribution is -0.881. The molecular weight excluding hydrogens is 392 g/mol. The fourth-order valence-corrected chi connectivity index (χ4v) is 2.92. The number of benzene rings is 2. The molecule has 2 aromatic carbocycles. The van der Waals surface area contributed by atoms with Crippen LogP contribution in [0.15, 0.2) is 42.5 Å². The maximum atomic E-state index is 12.4. The molecule has 0 aliphatic carbocycles. The van der Waals surface area contributed by atoms with Gasteiger partial charge in [-0.05, 0) is 55.8 Å². The van der Waals surface area contributed by atoms with Gasteiger partial charge in [-0.25, -0.2) is 0 Å². The van der Waals surface area contributed by atoms with Gasteiger partial charge >= 0.3 is 0 Å². The van der Waals surface area contributed by atoms with Gasteiger partial charge in [0, 0.05) is 29.0 Å². The number of nitrogens with one attached hydrogen (secondary N) is 4. The number of anilines is 3. The van der Waals surface area contributed by atoms with E-state index in [1.54, 1.807) is 42.5 Å². The molecular formula is C21H26ClN4O3+. The largest absolute Gasteiger partial charge is 0.326 e. The van der Waals surface area contributed by atoms with Crippen molar-refractivity contribution in [2.24, 2.45) is 0 Å². The van der Waals surface area contributed by atoms with Crippen molar-refractivity contribution in [3.05, 3.63) is 53.1 Å². The van der Waals surface area contributed by atoms with Gasteiger partial charge in [0.1, 0.15) is 0 Å². The van der Waals surface area contributed by atoms with E-state index >= 15 is 0 Å². The van der Waals surface area contributed by atoms with E-state index in [4.69, 9.17) is 11.6 Å². The molecule has 2 rings (SSSR count). The van der Waals surface area contributed by atoms with Crippen molar-refractivity contribution < 1.29 is 19.3 Å². The molecule has 4 N–H and O–H groups in total. The van der Waals surface area contributed by atoms with Gasteiger partial charge in [-0.3, -0.25) is 14.4 Å². The number of amides is 3. The van der Waals surface area contributed by atoms with E-state index in [2.05, 4.69) is 16.0 Å². The van der Waals surface area contributed by atoms with Gasteiger partial charge in [-0.2, -0.15) is 0 Å². The third kappa shape index (κ3) is 7.21. The average Bonchev–Trinajstić information content (AvgIpc) is 2.66. The standard InChI is InChI=1S/C21H25ClN4O3/c1-4-26(13-21(29)25-19-7-5-6-18(22)14(19)2)12-20(28)24-17-10-8-16(9-11-17)23-15(3)27/h5-11H,4,12-13H2,1-3H3,(H,23,27)(H,24,28)(H,25,29)/p+1. The highest BCUT2D eigenvalue weighted by Gasteiger charge is 2.17. The van der Waals surface area contributed by atoms with Crippen LogP contribution in [0.3, 0.4) is 0 Å². The molecule has 0 radical (unpaired) electrons. The Labute approximate surface area is 175 Å². The summed E-state index contributed by atoms with van der Waals surface area (Å²) in [5, 5.41) is 8.91. The first kappa shape index (κ1) is 22.4. The molecule has 0 fully saturated rings. The zero-order valence-electron chi connectivity index (χ0n) is 16.8. The number of hydrogen-bond acceptors (Lipinski definition) is 3. The Balaban J connectivity index is 1.88. The van der Waals surface area contributed by atoms with Gasteiger partial charge in [-0.15, -0.1) is 0 Å². The summed E-state index contributed by atoms with van der Waals surface area (Å²) in [6.07, 6.45) is 0. The maximum Gasteiger partial charge on any atom is 0.279 e. The van der Waals surface area contributed by atoms with E-state index in [9.17, 15) is 14.4 Å². The molecule has 1 atom stereocenters. The Hall–Kier alpha value is -2.90. The van der Waals surface area contributed by atoms with Crippen LogP contribution in [-0.4, -0.2) is 37.4 Å². The molecule has 0 bridgehead atoms. The van der Waals surface area contributed by atoms with Crippen molar-refractivity contribution >= 4 is 46.4 Å². The third-order valence-corrected chi connectivity index (χ3v) is 4.76. The zero-order chi connectivity index (χ0) is 21.4. The van der Waals surface area contributed by atoms with E-state index in [-0.39, 0.29) is 30.8 Å². The van der Waals surface area contributed by atoms with Gasteiger partial charge in [0.15, 0.2) is 13.1 Å². The minimum absolute atomic E-state index is 0.157. The molecule has 0 aromatic heterocycles. The van der Waals surface area contributed by atoms with Crippen molar-refractivity contribution in [2.75, 3.05) is 35.6 Å². The predicted octanol–water partition coefficient (Wildman–Crippen LogP) is 2.09. The van der Waals surface area contributed by atoms with Crippen molar-refractivity contribution in [1.29, 1.82) is 0 Å². The number of carbonyl (C=O) groups is 3. The van der Waals surface area contributed by atoms with Crippen LogP contribution >= 0.6 is 11.6 Å². The Morgan fingerprint density at radius 3 is 2.00 bits per heavy atom. The first-order chi connectivity index (χ1) is 13.8. The van der Waals surface area contributed by atoms with Gasteiger partial charge in [0.2, 0.25) is 5.91 Å². The summed E-state index contributed by atoms with van der Waals surface area (Å²) < 4.78 is 0. The van der Waals surface area contributed by atoms with E-state index in [0.717, 1.165) is 10.5 Å². The topological polar surface area (TPSA) is 91.7 Å². The summed E-state index contributed by atoms with van der Waals surface area (Å²) >= 11 is 6.08. The highest BCUT2D eigenvalue weighted by molar-refractivity contribution is 6.31. The summed E-state index contributed by atoms with van der Waals surface area (Å²) in [7, 11) is 0. The molecule has 0 spiro atoms.